The van der Waals surface area contributed by atoms with Gasteiger partial charge in [-0.05, 0) is 47.1 Å². The van der Waals surface area contributed by atoms with Crippen LogP contribution in [0.15, 0.2) is 0 Å². The van der Waals surface area contributed by atoms with Gasteiger partial charge < -0.3 is 10.8 Å². The van der Waals surface area contributed by atoms with E-state index in [1.807, 2.05) is 18.5 Å². The van der Waals surface area contributed by atoms with Gasteiger partial charge in [-0.2, -0.15) is 5.10 Å². The zero-order valence-electron chi connectivity index (χ0n) is 12.5. The number of nitrogens with two attached hydrogens (primary N) is 1. The van der Waals surface area contributed by atoms with Gasteiger partial charge in [0, 0.05) is 12.1 Å². The zero-order valence-corrected chi connectivity index (χ0v) is 12.5. The molecule has 1 atom stereocenters. The summed E-state index contributed by atoms with van der Waals surface area (Å²) in [4.78, 5) is 2.37. The van der Waals surface area contributed by atoms with Crippen LogP contribution in [0.3, 0.4) is 0 Å². The molecular formula is C14H26N4O. The number of hydrogen-bond acceptors (Lipinski definition) is 4. The van der Waals surface area contributed by atoms with Gasteiger partial charge >= 0.3 is 0 Å². The number of aromatic nitrogens is 2. The average molecular weight is 266 g/mol. The van der Waals surface area contributed by atoms with Crippen LogP contribution in [0.1, 0.15) is 38.1 Å². The predicted octanol–water partition coefficient (Wildman–Crippen LogP) is 1.32. The molecule has 5 heteroatoms. The fraction of sp³-hybridized carbons (Fsp3) is 0.786. The van der Waals surface area contributed by atoms with Crippen LogP contribution < -0.4 is 5.73 Å². The van der Waals surface area contributed by atoms with Crippen molar-refractivity contribution in [3.8, 4) is 0 Å². The van der Waals surface area contributed by atoms with Gasteiger partial charge in [0.15, 0.2) is 0 Å². The van der Waals surface area contributed by atoms with Gasteiger partial charge in [0.05, 0.1) is 29.7 Å². The molecule has 2 heterocycles. The minimum atomic E-state index is -0.408. The molecule has 1 aliphatic heterocycles. The number of nitrogen functional groups attached to an aromatic ring is 1. The van der Waals surface area contributed by atoms with Crippen molar-refractivity contribution in [3.63, 3.8) is 0 Å². The fourth-order valence-corrected chi connectivity index (χ4v) is 2.90. The van der Waals surface area contributed by atoms with Gasteiger partial charge in [0.25, 0.3) is 0 Å². The summed E-state index contributed by atoms with van der Waals surface area (Å²) in [5.74, 6) is 0. The van der Waals surface area contributed by atoms with Crippen LogP contribution in [-0.2, 0) is 6.54 Å². The molecule has 3 N–H and O–H groups in total. The van der Waals surface area contributed by atoms with Crippen LogP contribution >= 0.6 is 0 Å². The lowest BCUT2D eigenvalue weighted by Gasteiger charge is -2.33. The van der Waals surface area contributed by atoms with Gasteiger partial charge in [-0.3, -0.25) is 9.58 Å². The second kappa shape index (κ2) is 5.13. The van der Waals surface area contributed by atoms with Gasteiger partial charge in [-0.1, -0.05) is 0 Å². The van der Waals surface area contributed by atoms with E-state index in [2.05, 4.69) is 23.8 Å². The number of aliphatic hydroxyl groups is 1. The normalized spacial score (nSPS) is 20.9. The highest BCUT2D eigenvalue weighted by atomic mass is 16.3. The quantitative estimate of drug-likeness (QED) is 0.862. The van der Waals surface area contributed by atoms with E-state index in [1.54, 1.807) is 0 Å². The number of aryl methyl sites for hydroxylation is 1. The first kappa shape index (κ1) is 14.3. The lowest BCUT2D eigenvalue weighted by Crippen LogP contribution is -2.43. The summed E-state index contributed by atoms with van der Waals surface area (Å²) in [6, 6.07) is 0. The molecule has 0 aliphatic carbocycles. The first-order chi connectivity index (χ1) is 8.81. The van der Waals surface area contributed by atoms with Gasteiger partial charge in [0.1, 0.15) is 0 Å². The van der Waals surface area contributed by atoms with E-state index >= 15 is 0 Å². The molecule has 0 aromatic carbocycles. The van der Waals surface area contributed by atoms with Crippen molar-refractivity contribution in [1.29, 1.82) is 0 Å². The highest BCUT2D eigenvalue weighted by Gasteiger charge is 2.32. The van der Waals surface area contributed by atoms with Crippen molar-refractivity contribution in [2.75, 3.05) is 18.8 Å². The molecule has 1 aromatic heterocycles. The Morgan fingerprint density at radius 2 is 2.05 bits per heavy atom. The molecule has 2 rings (SSSR count). The Balaban J connectivity index is 1.98. The molecule has 0 spiro atoms. The second-order valence-corrected chi connectivity index (χ2v) is 6.28. The van der Waals surface area contributed by atoms with Crippen molar-refractivity contribution in [2.24, 2.45) is 0 Å². The summed E-state index contributed by atoms with van der Waals surface area (Å²) in [5.41, 5.74) is 8.62. The highest BCUT2D eigenvalue weighted by molar-refractivity contribution is 5.46. The molecule has 0 bridgehead atoms. The number of β-amino-alcohol motifs (C(OH)–C–C–N with tert-alkyl or cyclic N) is 1. The number of nitrogens with zero attached hydrogens (tertiary/aromatic N) is 3. The summed E-state index contributed by atoms with van der Waals surface area (Å²) < 4.78 is 1.82. The minimum absolute atomic E-state index is 0.203. The van der Waals surface area contributed by atoms with E-state index in [4.69, 9.17) is 5.73 Å². The Kier molecular flexibility index (Phi) is 3.87. The third-order valence-corrected chi connectivity index (χ3v) is 4.32. The topological polar surface area (TPSA) is 67.3 Å². The van der Waals surface area contributed by atoms with Crippen LogP contribution in [0, 0.1) is 13.8 Å². The van der Waals surface area contributed by atoms with E-state index in [9.17, 15) is 5.11 Å². The molecule has 1 aliphatic rings. The van der Waals surface area contributed by atoms with Gasteiger partial charge in [-0.25, -0.2) is 0 Å². The molecule has 0 amide bonds. The SMILES string of the molecule is Cc1nn(CC(O)CN2CCCC2(C)C)c(C)c1N. The largest absolute Gasteiger partial charge is 0.396 e. The molecule has 1 saturated heterocycles. The lowest BCUT2D eigenvalue weighted by atomic mass is 10.0. The number of anilines is 1. The van der Waals surface area contributed by atoms with Gasteiger partial charge in [0.2, 0.25) is 0 Å². The maximum absolute atomic E-state index is 10.3. The monoisotopic (exact) mass is 266 g/mol. The first-order valence-electron chi connectivity index (χ1n) is 7.04. The minimum Gasteiger partial charge on any atom is -0.396 e. The van der Waals surface area contributed by atoms with Crippen molar-refractivity contribution in [1.82, 2.24) is 14.7 Å². The van der Waals surface area contributed by atoms with Crippen LogP contribution in [0.5, 0.6) is 0 Å². The average Bonchev–Trinajstić information content (AvgIpc) is 2.75. The van der Waals surface area contributed by atoms with Gasteiger partial charge in [-0.15, -0.1) is 0 Å². The Morgan fingerprint density at radius 3 is 2.53 bits per heavy atom. The molecular weight excluding hydrogens is 240 g/mol. The van der Waals surface area contributed by atoms with E-state index in [-0.39, 0.29) is 5.54 Å². The third kappa shape index (κ3) is 2.92. The van der Waals surface area contributed by atoms with Crippen LogP contribution in [0.4, 0.5) is 5.69 Å². The smallest absolute Gasteiger partial charge is 0.0863 e. The van der Waals surface area contributed by atoms with Crippen LogP contribution in [0.25, 0.3) is 0 Å². The summed E-state index contributed by atoms with van der Waals surface area (Å²) in [5, 5.41) is 14.7. The van der Waals surface area contributed by atoms with Crippen molar-refractivity contribution in [3.05, 3.63) is 11.4 Å². The standard InChI is InChI=1S/C14H26N4O/c1-10-13(15)11(2)18(16-10)9-12(19)8-17-7-5-6-14(17,3)4/h12,19H,5-9,15H2,1-4H3. The van der Waals surface area contributed by atoms with Crippen molar-refractivity contribution >= 4 is 5.69 Å². The molecule has 108 valence electrons. The Morgan fingerprint density at radius 1 is 1.37 bits per heavy atom. The number of aliphatic hydroxyl groups excluding tert-OH is 1. The molecule has 5 nitrogen and oxygen atoms in total. The fourth-order valence-electron chi connectivity index (χ4n) is 2.90. The molecule has 19 heavy (non-hydrogen) atoms. The maximum Gasteiger partial charge on any atom is 0.0863 e. The summed E-state index contributed by atoms with van der Waals surface area (Å²) in [7, 11) is 0. The first-order valence-corrected chi connectivity index (χ1v) is 7.04. The van der Waals surface area contributed by atoms with Crippen molar-refractivity contribution in [2.45, 2.75) is 58.7 Å². The Labute approximate surface area is 115 Å². The van der Waals surface area contributed by atoms with E-state index in [0.29, 0.717) is 13.1 Å². The summed E-state index contributed by atoms with van der Waals surface area (Å²) >= 11 is 0. The van der Waals surface area contributed by atoms with E-state index in [0.717, 1.165) is 23.6 Å². The Hall–Kier alpha value is -1.07. The zero-order chi connectivity index (χ0) is 14.2. The predicted molar refractivity (Wildman–Crippen MR) is 77.0 cm³/mol. The van der Waals surface area contributed by atoms with Crippen molar-refractivity contribution < 1.29 is 5.11 Å². The maximum atomic E-state index is 10.3. The molecule has 1 unspecified atom stereocenters. The second-order valence-electron chi connectivity index (χ2n) is 6.28. The molecule has 1 fully saturated rings. The summed E-state index contributed by atoms with van der Waals surface area (Å²) in [6.45, 7) is 10.6. The van der Waals surface area contributed by atoms with E-state index < -0.39 is 6.10 Å². The molecule has 1 aromatic rings. The highest BCUT2D eigenvalue weighted by Crippen LogP contribution is 2.28. The lowest BCUT2D eigenvalue weighted by molar-refractivity contribution is 0.0650. The third-order valence-electron chi connectivity index (χ3n) is 4.32. The van der Waals surface area contributed by atoms with Crippen LogP contribution in [0.2, 0.25) is 0 Å². The van der Waals surface area contributed by atoms with E-state index in [1.165, 1.54) is 12.8 Å². The number of hydrogen-bond donors (Lipinski definition) is 2. The molecule has 0 radical (unpaired) electrons. The number of likely N-dealkylation sites (tertiary alicyclic amines) is 1. The van der Waals surface area contributed by atoms with Crippen LogP contribution in [-0.4, -0.2) is 44.5 Å². The Bertz CT molecular complexity index is 453. The molecule has 0 saturated carbocycles. The summed E-state index contributed by atoms with van der Waals surface area (Å²) in [6.07, 6.45) is 2.01. The number of rotatable bonds is 4.